The molecule has 1 amide bonds. The predicted molar refractivity (Wildman–Crippen MR) is 92.0 cm³/mol. The molecule has 0 aromatic heterocycles. The van der Waals surface area contributed by atoms with Gasteiger partial charge < -0.3 is 15.5 Å². The fourth-order valence-corrected chi connectivity index (χ4v) is 3.37. The second-order valence-electron chi connectivity index (χ2n) is 6.93. The van der Waals surface area contributed by atoms with Crippen molar-refractivity contribution in [3.8, 4) is 0 Å². The van der Waals surface area contributed by atoms with Crippen molar-refractivity contribution in [1.82, 2.24) is 15.3 Å². The lowest BCUT2D eigenvalue weighted by Crippen LogP contribution is -2.43. The molecule has 0 aliphatic carbocycles. The van der Waals surface area contributed by atoms with E-state index in [1.165, 1.54) is 25.7 Å². The van der Waals surface area contributed by atoms with Gasteiger partial charge in [-0.15, -0.1) is 0 Å². The standard InChI is InChI=1S/C17H32N4O3/c18-15(8-7-13-20-9-3-1-4-10-20)17(23)24-19-16(22)14-21-11-5-2-6-12-21/h15H,1-14,18H2,(H,19,22). The first-order chi connectivity index (χ1) is 11.6. The maximum Gasteiger partial charge on any atom is 0.348 e. The molecule has 2 rings (SSSR count). The van der Waals surface area contributed by atoms with Gasteiger partial charge in [-0.1, -0.05) is 12.8 Å². The molecule has 0 saturated carbocycles. The molecule has 0 aromatic carbocycles. The first-order valence-corrected chi connectivity index (χ1v) is 9.35. The van der Waals surface area contributed by atoms with E-state index in [-0.39, 0.29) is 12.5 Å². The minimum atomic E-state index is -0.676. The zero-order valence-electron chi connectivity index (χ0n) is 14.7. The van der Waals surface area contributed by atoms with Crippen molar-refractivity contribution in [1.29, 1.82) is 0 Å². The molecule has 1 unspecified atom stereocenters. The number of nitrogens with one attached hydrogen (secondary N) is 1. The van der Waals surface area contributed by atoms with Gasteiger partial charge in [0.1, 0.15) is 6.04 Å². The zero-order valence-corrected chi connectivity index (χ0v) is 14.7. The first-order valence-electron chi connectivity index (χ1n) is 9.35. The summed E-state index contributed by atoms with van der Waals surface area (Å²) in [6.45, 7) is 5.40. The highest BCUT2D eigenvalue weighted by Crippen LogP contribution is 2.10. The van der Waals surface area contributed by atoms with Crippen LogP contribution in [-0.4, -0.2) is 67.0 Å². The van der Waals surface area contributed by atoms with Gasteiger partial charge in [-0.3, -0.25) is 9.69 Å². The lowest BCUT2D eigenvalue weighted by atomic mass is 10.1. The van der Waals surface area contributed by atoms with Crippen LogP contribution in [0.4, 0.5) is 0 Å². The van der Waals surface area contributed by atoms with E-state index in [0.29, 0.717) is 6.42 Å². The Balaban J connectivity index is 1.54. The Hall–Kier alpha value is -1.18. The number of amides is 1. The van der Waals surface area contributed by atoms with Gasteiger partial charge in [0.15, 0.2) is 0 Å². The van der Waals surface area contributed by atoms with Crippen LogP contribution in [-0.2, 0) is 14.4 Å². The van der Waals surface area contributed by atoms with Gasteiger partial charge in [0.05, 0.1) is 6.54 Å². The number of carbonyl (C=O) groups is 2. The molecule has 1 atom stereocenters. The highest BCUT2D eigenvalue weighted by atomic mass is 16.7. The summed E-state index contributed by atoms with van der Waals surface area (Å²) in [5.41, 5.74) is 8.08. The fourth-order valence-electron chi connectivity index (χ4n) is 3.37. The number of nitrogens with zero attached hydrogens (tertiary/aromatic N) is 2. The zero-order chi connectivity index (χ0) is 17.2. The van der Waals surface area contributed by atoms with Crippen LogP contribution in [0.15, 0.2) is 0 Å². The van der Waals surface area contributed by atoms with Gasteiger partial charge in [0, 0.05) is 0 Å². The molecule has 7 nitrogen and oxygen atoms in total. The van der Waals surface area contributed by atoms with Gasteiger partial charge in [0.25, 0.3) is 5.91 Å². The van der Waals surface area contributed by atoms with Crippen LogP contribution in [0.25, 0.3) is 0 Å². The molecule has 0 radical (unpaired) electrons. The SMILES string of the molecule is NC(CCCN1CCCCC1)C(=O)ONC(=O)CN1CCCCC1. The highest BCUT2D eigenvalue weighted by molar-refractivity contribution is 5.81. The van der Waals surface area contributed by atoms with E-state index in [1.54, 1.807) is 0 Å². The quantitative estimate of drug-likeness (QED) is 0.661. The molecule has 24 heavy (non-hydrogen) atoms. The van der Waals surface area contributed by atoms with Gasteiger partial charge >= 0.3 is 5.97 Å². The van der Waals surface area contributed by atoms with Crippen molar-refractivity contribution in [3.05, 3.63) is 0 Å². The summed E-state index contributed by atoms with van der Waals surface area (Å²) >= 11 is 0. The summed E-state index contributed by atoms with van der Waals surface area (Å²) in [5, 5.41) is 0. The fraction of sp³-hybridized carbons (Fsp3) is 0.882. The van der Waals surface area contributed by atoms with Crippen LogP contribution in [0.2, 0.25) is 0 Å². The summed E-state index contributed by atoms with van der Waals surface area (Å²) < 4.78 is 0. The second kappa shape index (κ2) is 10.6. The molecule has 2 heterocycles. The minimum Gasteiger partial charge on any atom is -0.339 e. The second-order valence-corrected chi connectivity index (χ2v) is 6.93. The summed E-state index contributed by atoms with van der Waals surface area (Å²) in [5.74, 6) is -0.841. The molecule has 138 valence electrons. The lowest BCUT2D eigenvalue weighted by Gasteiger charge is -2.26. The highest BCUT2D eigenvalue weighted by Gasteiger charge is 2.19. The van der Waals surface area contributed by atoms with Crippen LogP contribution >= 0.6 is 0 Å². The van der Waals surface area contributed by atoms with Crippen molar-refractivity contribution in [3.63, 3.8) is 0 Å². The monoisotopic (exact) mass is 340 g/mol. The third kappa shape index (κ3) is 7.15. The van der Waals surface area contributed by atoms with Gasteiger partial charge in [-0.2, -0.15) is 5.48 Å². The largest absolute Gasteiger partial charge is 0.348 e. The molecular weight excluding hydrogens is 308 g/mol. The van der Waals surface area contributed by atoms with E-state index in [9.17, 15) is 9.59 Å². The van der Waals surface area contributed by atoms with Crippen LogP contribution in [0.5, 0.6) is 0 Å². The summed E-state index contributed by atoms with van der Waals surface area (Å²) in [6, 6.07) is -0.676. The number of rotatable bonds is 7. The van der Waals surface area contributed by atoms with Crippen LogP contribution in [0, 0.1) is 0 Å². The molecule has 0 bridgehead atoms. The number of nitrogens with two attached hydrogens (primary N) is 1. The smallest absolute Gasteiger partial charge is 0.339 e. The van der Waals surface area contributed by atoms with E-state index in [2.05, 4.69) is 15.3 Å². The van der Waals surface area contributed by atoms with Gasteiger partial charge in [-0.25, -0.2) is 4.79 Å². The molecule has 0 aromatic rings. The molecule has 7 heteroatoms. The maximum atomic E-state index is 11.8. The average Bonchev–Trinajstić information content (AvgIpc) is 2.61. The number of hydrogen-bond donors (Lipinski definition) is 2. The Labute approximate surface area is 144 Å². The predicted octanol–water partition coefficient (Wildman–Crippen LogP) is 0.640. The molecule has 2 aliphatic rings. The number of piperidine rings is 2. The topological polar surface area (TPSA) is 87.9 Å². The molecule has 2 saturated heterocycles. The molecular formula is C17H32N4O3. The van der Waals surface area contributed by atoms with Gasteiger partial charge in [0.2, 0.25) is 0 Å². The molecule has 3 N–H and O–H groups in total. The lowest BCUT2D eigenvalue weighted by molar-refractivity contribution is -0.160. The number of hydrogen-bond acceptors (Lipinski definition) is 6. The van der Waals surface area contributed by atoms with Crippen molar-refractivity contribution >= 4 is 11.9 Å². The van der Waals surface area contributed by atoms with E-state index >= 15 is 0 Å². The van der Waals surface area contributed by atoms with Crippen molar-refractivity contribution in [2.24, 2.45) is 5.73 Å². The van der Waals surface area contributed by atoms with Crippen LogP contribution in [0.1, 0.15) is 51.4 Å². The Morgan fingerprint density at radius 3 is 2.17 bits per heavy atom. The van der Waals surface area contributed by atoms with E-state index in [0.717, 1.165) is 52.0 Å². The summed E-state index contributed by atoms with van der Waals surface area (Å²) in [7, 11) is 0. The Bertz CT molecular complexity index is 393. The maximum absolute atomic E-state index is 11.8. The van der Waals surface area contributed by atoms with E-state index in [4.69, 9.17) is 10.6 Å². The molecule has 0 spiro atoms. The van der Waals surface area contributed by atoms with Crippen LogP contribution < -0.4 is 11.2 Å². The average molecular weight is 340 g/mol. The first kappa shape index (κ1) is 19.1. The van der Waals surface area contributed by atoms with Gasteiger partial charge in [-0.05, 0) is 71.2 Å². The van der Waals surface area contributed by atoms with Crippen molar-refractivity contribution in [2.75, 3.05) is 39.3 Å². The molecule has 2 fully saturated rings. The third-order valence-corrected chi connectivity index (χ3v) is 4.82. The number of likely N-dealkylation sites (tertiary alicyclic amines) is 2. The third-order valence-electron chi connectivity index (χ3n) is 4.82. The van der Waals surface area contributed by atoms with E-state index < -0.39 is 12.0 Å². The Morgan fingerprint density at radius 2 is 1.54 bits per heavy atom. The summed E-state index contributed by atoms with van der Waals surface area (Å²) in [4.78, 5) is 33.0. The van der Waals surface area contributed by atoms with Crippen LogP contribution in [0.3, 0.4) is 0 Å². The van der Waals surface area contributed by atoms with E-state index in [1.807, 2.05) is 0 Å². The van der Waals surface area contributed by atoms with Crippen molar-refractivity contribution in [2.45, 2.75) is 57.4 Å². The Kier molecular flexibility index (Phi) is 8.49. The minimum absolute atomic E-state index is 0.275. The number of hydroxylamine groups is 1. The summed E-state index contributed by atoms with van der Waals surface area (Å²) in [6.07, 6.45) is 8.76. The normalized spacial score (nSPS) is 21.2. The molecule has 2 aliphatic heterocycles. The number of carbonyl (C=O) groups excluding carboxylic acids is 2. The van der Waals surface area contributed by atoms with Crippen molar-refractivity contribution < 1.29 is 14.4 Å². The Morgan fingerprint density at radius 1 is 0.958 bits per heavy atom.